The zero-order valence-corrected chi connectivity index (χ0v) is 16.7. The number of benzene rings is 1. The van der Waals surface area contributed by atoms with E-state index in [0.29, 0.717) is 11.4 Å². The van der Waals surface area contributed by atoms with Crippen LogP contribution in [0.5, 0.6) is 0 Å². The van der Waals surface area contributed by atoms with E-state index in [2.05, 4.69) is 28.4 Å². The molecular weight excluding hydrogens is 393 g/mol. The van der Waals surface area contributed by atoms with Crippen LogP contribution in [0.25, 0.3) is 0 Å². The third kappa shape index (κ3) is 5.67. The topological polar surface area (TPSA) is 137 Å². The molecule has 0 spiro atoms. The first-order valence-electron chi connectivity index (χ1n) is 8.22. The number of halogens is 1. The number of nitrogens with zero attached hydrogens (tertiary/aromatic N) is 2. The maximum atomic E-state index is 14.8. The Morgan fingerprint density at radius 1 is 1.24 bits per heavy atom. The van der Waals surface area contributed by atoms with E-state index in [-0.39, 0.29) is 33.3 Å². The number of nitrogens with two attached hydrogens (primary N) is 3. The molecule has 0 aliphatic heterocycles. The molecule has 0 atom stereocenters. The molecule has 0 aliphatic rings. The molecule has 29 heavy (non-hydrogen) atoms. The van der Waals surface area contributed by atoms with Crippen molar-refractivity contribution < 1.29 is 12.8 Å². The molecule has 0 saturated heterocycles. The second-order valence-corrected chi connectivity index (χ2v) is 8.16. The van der Waals surface area contributed by atoms with E-state index >= 15 is 0 Å². The molecule has 0 aliphatic carbocycles. The van der Waals surface area contributed by atoms with Crippen LogP contribution in [0.3, 0.4) is 0 Å². The van der Waals surface area contributed by atoms with Crippen LogP contribution in [0, 0.1) is 17.7 Å². The standard InChI is InChI=1S/C20H20FN5O2S/c1-12(22)16(7-4-14-5-9-19(24)25-11-14)20(26-13(2)23)17-8-6-15(10-18(17)21)29(3,27)28/h5-6,8-11H,2,22-23H2,1,3H3,(H2,24,25)/b16-12-,26-20+. The number of allylic oxidation sites excluding steroid dienone is 2. The van der Waals surface area contributed by atoms with Crippen LogP contribution in [-0.2, 0) is 9.84 Å². The summed E-state index contributed by atoms with van der Waals surface area (Å²) < 4.78 is 38.1. The van der Waals surface area contributed by atoms with E-state index < -0.39 is 15.7 Å². The summed E-state index contributed by atoms with van der Waals surface area (Å²) in [5, 5.41) is 0. The second-order valence-electron chi connectivity index (χ2n) is 6.15. The lowest BCUT2D eigenvalue weighted by Gasteiger charge is -2.11. The maximum Gasteiger partial charge on any atom is 0.175 e. The van der Waals surface area contributed by atoms with Crippen LogP contribution in [0.4, 0.5) is 10.2 Å². The fourth-order valence-corrected chi connectivity index (χ4v) is 2.90. The predicted octanol–water partition coefficient (Wildman–Crippen LogP) is 1.71. The highest BCUT2D eigenvalue weighted by Crippen LogP contribution is 2.20. The molecule has 1 heterocycles. The number of hydrogen-bond acceptors (Lipinski definition) is 7. The highest BCUT2D eigenvalue weighted by Gasteiger charge is 2.18. The van der Waals surface area contributed by atoms with Gasteiger partial charge in [-0.1, -0.05) is 18.4 Å². The van der Waals surface area contributed by atoms with Gasteiger partial charge in [0.25, 0.3) is 0 Å². The number of aromatic nitrogens is 1. The van der Waals surface area contributed by atoms with E-state index in [0.717, 1.165) is 12.3 Å². The summed E-state index contributed by atoms with van der Waals surface area (Å²) in [5.74, 6) is 5.13. The number of sulfone groups is 1. The molecule has 150 valence electrons. The van der Waals surface area contributed by atoms with Gasteiger partial charge in [-0.05, 0) is 37.3 Å². The van der Waals surface area contributed by atoms with Crippen LogP contribution < -0.4 is 17.2 Å². The maximum absolute atomic E-state index is 14.8. The summed E-state index contributed by atoms with van der Waals surface area (Å²) >= 11 is 0. The van der Waals surface area contributed by atoms with Gasteiger partial charge < -0.3 is 17.2 Å². The average molecular weight is 413 g/mol. The molecule has 0 amide bonds. The summed E-state index contributed by atoms with van der Waals surface area (Å²) in [5.41, 5.74) is 18.2. The molecule has 2 aromatic rings. The van der Waals surface area contributed by atoms with Crippen LogP contribution in [0.15, 0.2) is 70.1 Å². The van der Waals surface area contributed by atoms with Crippen molar-refractivity contribution in [2.45, 2.75) is 11.8 Å². The van der Waals surface area contributed by atoms with Gasteiger partial charge in [-0.2, -0.15) is 0 Å². The molecule has 0 radical (unpaired) electrons. The third-order valence-electron chi connectivity index (χ3n) is 3.63. The Balaban J connectivity index is 2.63. The fourth-order valence-electron chi connectivity index (χ4n) is 2.27. The van der Waals surface area contributed by atoms with E-state index in [1.165, 1.54) is 18.3 Å². The van der Waals surface area contributed by atoms with Crippen molar-refractivity contribution in [3.8, 4) is 11.8 Å². The van der Waals surface area contributed by atoms with Crippen molar-refractivity contribution in [3.05, 3.63) is 77.1 Å². The molecule has 0 saturated carbocycles. The Morgan fingerprint density at radius 3 is 2.41 bits per heavy atom. The van der Waals surface area contributed by atoms with Crippen molar-refractivity contribution >= 4 is 21.4 Å². The largest absolute Gasteiger partial charge is 0.401 e. The number of aliphatic imine (C=N–C) groups is 1. The molecule has 6 N–H and O–H groups in total. The monoisotopic (exact) mass is 413 g/mol. The van der Waals surface area contributed by atoms with Crippen molar-refractivity contribution in [1.29, 1.82) is 0 Å². The molecule has 2 rings (SSSR count). The van der Waals surface area contributed by atoms with Gasteiger partial charge >= 0.3 is 0 Å². The third-order valence-corrected chi connectivity index (χ3v) is 4.74. The Kier molecular flexibility index (Phi) is 6.41. The lowest BCUT2D eigenvalue weighted by Crippen LogP contribution is -2.14. The van der Waals surface area contributed by atoms with Crippen LogP contribution in [-0.4, -0.2) is 25.4 Å². The highest BCUT2D eigenvalue weighted by molar-refractivity contribution is 7.90. The lowest BCUT2D eigenvalue weighted by molar-refractivity contribution is 0.595. The molecule has 0 bridgehead atoms. The minimum absolute atomic E-state index is 0.0199. The average Bonchev–Trinajstić information content (AvgIpc) is 2.61. The number of hydrogen-bond donors (Lipinski definition) is 3. The lowest BCUT2D eigenvalue weighted by atomic mass is 10.00. The van der Waals surface area contributed by atoms with Crippen molar-refractivity contribution in [2.24, 2.45) is 16.5 Å². The zero-order valence-electron chi connectivity index (χ0n) is 15.9. The number of pyridine rings is 1. The van der Waals surface area contributed by atoms with Gasteiger partial charge in [0.2, 0.25) is 0 Å². The van der Waals surface area contributed by atoms with E-state index in [1.54, 1.807) is 19.1 Å². The van der Waals surface area contributed by atoms with E-state index in [9.17, 15) is 12.8 Å². The van der Waals surface area contributed by atoms with Gasteiger partial charge in [-0.3, -0.25) is 0 Å². The summed E-state index contributed by atoms with van der Waals surface area (Å²) in [6.45, 7) is 5.09. The second kappa shape index (κ2) is 8.58. The van der Waals surface area contributed by atoms with Crippen LogP contribution in [0.2, 0.25) is 0 Å². The molecule has 0 fully saturated rings. The minimum Gasteiger partial charge on any atom is -0.401 e. The molecule has 1 aromatic heterocycles. The van der Waals surface area contributed by atoms with E-state index in [1.807, 2.05) is 0 Å². The van der Waals surface area contributed by atoms with Crippen molar-refractivity contribution in [3.63, 3.8) is 0 Å². The zero-order chi connectivity index (χ0) is 21.8. The molecule has 9 heteroatoms. The smallest absolute Gasteiger partial charge is 0.175 e. The van der Waals surface area contributed by atoms with Gasteiger partial charge in [0, 0.05) is 29.3 Å². The number of rotatable bonds is 4. The molecular formula is C20H20FN5O2S. The van der Waals surface area contributed by atoms with Crippen molar-refractivity contribution in [2.75, 3.05) is 12.0 Å². The van der Waals surface area contributed by atoms with Crippen LogP contribution in [0.1, 0.15) is 18.1 Å². The molecule has 7 nitrogen and oxygen atoms in total. The molecule has 0 unspecified atom stereocenters. The van der Waals surface area contributed by atoms with Crippen LogP contribution >= 0.6 is 0 Å². The Hall–Kier alpha value is -3.64. The Morgan fingerprint density at radius 2 is 1.93 bits per heavy atom. The Labute approximate surface area is 168 Å². The first-order chi connectivity index (χ1) is 13.5. The van der Waals surface area contributed by atoms with Gasteiger partial charge in [-0.25, -0.2) is 22.8 Å². The quantitative estimate of drug-likeness (QED) is 0.515. The Bertz CT molecular complexity index is 1180. The van der Waals surface area contributed by atoms with Gasteiger partial charge in [0.1, 0.15) is 17.5 Å². The van der Waals surface area contributed by atoms with Crippen molar-refractivity contribution in [1.82, 2.24) is 4.98 Å². The van der Waals surface area contributed by atoms with Gasteiger partial charge in [-0.15, -0.1) is 0 Å². The first kappa shape index (κ1) is 21.7. The summed E-state index contributed by atoms with van der Waals surface area (Å²) in [6, 6.07) is 6.70. The summed E-state index contributed by atoms with van der Waals surface area (Å²) in [4.78, 5) is 7.86. The number of anilines is 1. The van der Waals surface area contributed by atoms with Gasteiger partial charge in [0.05, 0.1) is 16.2 Å². The first-order valence-corrected chi connectivity index (χ1v) is 10.1. The number of nitrogen functional groups attached to an aromatic ring is 1. The summed E-state index contributed by atoms with van der Waals surface area (Å²) in [7, 11) is -3.58. The summed E-state index contributed by atoms with van der Waals surface area (Å²) in [6.07, 6.45) is 2.46. The SMILES string of the molecule is C=C(N)/N=C(\C(C#Cc1ccc(N)nc1)=C(\C)N)c1ccc(S(C)(=O)=O)cc1F. The van der Waals surface area contributed by atoms with Gasteiger partial charge in [0.15, 0.2) is 9.84 Å². The molecule has 1 aromatic carbocycles. The van der Waals surface area contributed by atoms with E-state index in [4.69, 9.17) is 17.2 Å². The highest BCUT2D eigenvalue weighted by atomic mass is 32.2. The minimum atomic E-state index is -3.58. The predicted molar refractivity (Wildman–Crippen MR) is 112 cm³/mol. The fraction of sp³-hybridized carbons (Fsp3) is 0.100. The normalized spacial score (nSPS) is 12.6.